The van der Waals surface area contributed by atoms with Crippen molar-refractivity contribution in [2.24, 2.45) is 0 Å². The fourth-order valence-corrected chi connectivity index (χ4v) is 2.69. The van der Waals surface area contributed by atoms with Crippen molar-refractivity contribution in [3.63, 3.8) is 0 Å². The molecule has 19 heavy (non-hydrogen) atoms. The van der Waals surface area contributed by atoms with Crippen LogP contribution in [-0.4, -0.2) is 31.5 Å². The third-order valence-electron chi connectivity index (χ3n) is 3.81. The Kier molecular flexibility index (Phi) is 3.06. The first-order valence-electron chi connectivity index (χ1n) is 6.62. The molecule has 1 atom stereocenters. The largest absolute Gasteiger partial charge is 0.440 e. The zero-order valence-electron chi connectivity index (χ0n) is 10.8. The highest BCUT2D eigenvalue weighted by Gasteiger charge is 2.42. The summed E-state index contributed by atoms with van der Waals surface area (Å²) >= 11 is 0. The van der Waals surface area contributed by atoms with Crippen LogP contribution >= 0.6 is 0 Å². The molecule has 5 nitrogen and oxygen atoms in total. The molecular weight excluding hydrogens is 244 g/mol. The third kappa shape index (κ3) is 2.38. The van der Waals surface area contributed by atoms with Gasteiger partial charge in [0, 0.05) is 30.9 Å². The number of amides is 1. The van der Waals surface area contributed by atoms with Crippen LogP contribution in [-0.2, 0) is 9.47 Å². The number of hydrogen-bond donors (Lipinski definition) is 1. The molecule has 3 rings (SSSR count). The summed E-state index contributed by atoms with van der Waals surface area (Å²) in [5.41, 5.74) is 6.76. The van der Waals surface area contributed by atoms with Gasteiger partial charge >= 0.3 is 6.09 Å². The molecule has 2 saturated heterocycles. The van der Waals surface area contributed by atoms with E-state index in [1.54, 1.807) is 17.0 Å². The summed E-state index contributed by atoms with van der Waals surface area (Å²) in [4.78, 5) is 13.8. The van der Waals surface area contributed by atoms with Gasteiger partial charge in [-0.2, -0.15) is 0 Å². The Bertz CT molecular complexity index is 466. The van der Waals surface area contributed by atoms with Gasteiger partial charge in [-0.05, 0) is 37.1 Å². The van der Waals surface area contributed by atoms with E-state index < -0.39 is 5.60 Å². The van der Waals surface area contributed by atoms with E-state index in [2.05, 4.69) is 0 Å². The molecule has 0 radical (unpaired) electrons. The summed E-state index contributed by atoms with van der Waals surface area (Å²) < 4.78 is 11.1. The molecule has 0 saturated carbocycles. The molecule has 0 bridgehead atoms. The maximum Gasteiger partial charge on any atom is 0.414 e. The summed E-state index contributed by atoms with van der Waals surface area (Å²) in [5.74, 6) is 0. The number of ether oxygens (including phenoxy) is 2. The molecule has 1 aromatic rings. The minimum absolute atomic E-state index is 0.290. The van der Waals surface area contributed by atoms with Gasteiger partial charge in [0.25, 0.3) is 0 Å². The van der Waals surface area contributed by atoms with Crippen LogP contribution in [0.4, 0.5) is 16.2 Å². The fraction of sp³-hybridized carbons (Fsp3) is 0.500. The Morgan fingerprint density at radius 1 is 1.21 bits per heavy atom. The highest BCUT2D eigenvalue weighted by molar-refractivity contribution is 5.88. The Morgan fingerprint density at radius 3 is 2.63 bits per heavy atom. The standard InChI is InChI=1S/C14H18N2O3/c15-11-2-4-12(5-3-11)16-8-7-14(19-13(16)17)6-1-9-18-10-14/h2-5H,1,6-10,15H2. The summed E-state index contributed by atoms with van der Waals surface area (Å²) in [5, 5.41) is 0. The van der Waals surface area contributed by atoms with Crippen molar-refractivity contribution >= 4 is 17.5 Å². The molecule has 1 amide bonds. The summed E-state index contributed by atoms with van der Waals surface area (Å²) in [6.45, 7) is 1.95. The predicted octanol–water partition coefficient (Wildman–Crippen LogP) is 2.16. The Balaban J connectivity index is 1.74. The molecule has 102 valence electrons. The van der Waals surface area contributed by atoms with Crippen molar-refractivity contribution in [1.29, 1.82) is 0 Å². The smallest absolute Gasteiger partial charge is 0.414 e. The molecule has 5 heteroatoms. The number of nitrogens with zero attached hydrogens (tertiary/aromatic N) is 1. The maximum absolute atomic E-state index is 12.2. The lowest BCUT2D eigenvalue weighted by molar-refractivity contribution is -0.100. The van der Waals surface area contributed by atoms with E-state index in [1.165, 1.54) is 0 Å². The SMILES string of the molecule is Nc1ccc(N2CCC3(CCCOC3)OC2=O)cc1. The Labute approximate surface area is 112 Å². The van der Waals surface area contributed by atoms with Crippen LogP contribution in [0.5, 0.6) is 0 Å². The molecule has 1 aromatic carbocycles. The van der Waals surface area contributed by atoms with Gasteiger partial charge in [0.15, 0.2) is 0 Å². The van der Waals surface area contributed by atoms with Gasteiger partial charge in [0.2, 0.25) is 0 Å². The number of benzene rings is 1. The van der Waals surface area contributed by atoms with E-state index in [0.717, 1.165) is 31.6 Å². The van der Waals surface area contributed by atoms with Crippen LogP contribution in [0.25, 0.3) is 0 Å². The van der Waals surface area contributed by atoms with Gasteiger partial charge < -0.3 is 15.2 Å². The number of anilines is 2. The first-order chi connectivity index (χ1) is 9.19. The van der Waals surface area contributed by atoms with Crippen molar-refractivity contribution < 1.29 is 14.3 Å². The van der Waals surface area contributed by atoms with Crippen molar-refractivity contribution in [3.05, 3.63) is 24.3 Å². The Morgan fingerprint density at radius 2 is 2.00 bits per heavy atom. The van der Waals surface area contributed by atoms with Crippen LogP contribution in [0.15, 0.2) is 24.3 Å². The molecule has 2 aliphatic heterocycles. The number of nitrogens with two attached hydrogens (primary N) is 1. The number of carbonyl (C=O) groups is 1. The summed E-state index contributed by atoms with van der Waals surface area (Å²) in [6.07, 6.45) is 2.37. The van der Waals surface area contributed by atoms with Crippen LogP contribution in [0.3, 0.4) is 0 Å². The average molecular weight is 262 g/mol. The minimum atomic E-state index is -0.403. The van der Waals surface area contributed by atoms with Gasteiger partial charge in [-0.25, -0.2) is 4.79 Å². The molecule has 1 unspecified atom stereocenters. The quantitative estimate of drug-likeness (QED) is 0.788. The lowest BCUT2D eigenvalue weighted by Gasteiger charge is -2.42. The number of nitrogen functional groups attached to an aromatic ring is 1. The molecule has 0 aliphatic carbocycles. The lowest BCUT2D eigenvalue weighted by Crippen LogP contribution is -2.53. The number of carbonyl (C=O) groups excluding carboxylic acids is 1. The van der Waals surface area contributed by atoms with Gasteiger partial charge in [0.1, 0.15) is 5.60 Å². The van der Waals surface area contributed by atoms with E-state index >= 15 is 0 Å². The molecule has 1 spiro atoms. The number of hydrogen-bond acceptors (Lipinski definition) is 4. The van der Waals surface area contributed by atoms with E-state index in [4.69, 9.17) is 15.2 Å². The van der Waals surface area contributed by atoms with Crippen LogP contribution in [0.1, 0.15) is 19.3 Å². The van der Waals surface area contributed by atoms with Gasteiger partial charge in [-0.15, -0.1) is 0 Å². The zero-order valence-corrected chi connectivity index (χ0v) is 10.8. The topological polar surface area (TPSA) is 64.8 Å². The molecule has 2 aliphatic rings. The highest BCUT2D eigenvalue weighted by atomic mass is 16.6. The lowest BCUT2D eigenvalue weighted by atomic mass is 9.91. The maximum atomic E-state index is 12.2. The van der Waals surface area contributed by atoms with Crippen molar-refractivity contribution in [2.45, 2.75) is 24.9 Å². The fourth-order valence-electron chi connectivity index (χ4n) is 2.69. The van der Waals surface area contributed by atoms with Crippen molar-refractivity contribution in [2.75, 3.05) is 30.4 Å². The van der Waals surface area contributed by atoms with Crippen molar-refractivity contribution in [3.8, 4) is 0 Å². The van der Waals surface area contributed by atoms with E-state index in [0.29, 0.717) is 18.8 Å². The highest BCUT2D eigenvalue weighted by Crippen LogP contribution is 2.33. The molecule has 2 fully saturated rings. The second-order valence-electron chi connectivity index (χ2n) is 5.20. The van der Waals surface area contributed by atoms with Crippen molar-refractivity contribution in [1.82, 2.24) is 0 Å². The molecular formula is C14H18N2O3. The van der Waals surface area contributed by atoms with Gasteiger partial charge in [-0.1, -0.05) is 0 Å². The summed E-state index contributed by atoms with van der Waals surface area (Å²) in [6, 6.07) is 7.26. The van der Waals surface area contributed by atoms with Crippen LogP contribution < -0.4 is 10.6 Å². The molecule has 0 aromatic heterocycles. The van der Waals surface area contributed by atoms with E-state index in [1.807, 2.05) is 12.1 Å². The Hall–Kier alpha value is -1.75. The monoisotopic (exact) mass is 262 g/mol. The molecule has 2 heterocycles. The first-order valence-corrected chi connectivity index (χ1v) is 6.62. The average Bonchev–Trinajstić information content (AvgIpc) is 2.41. The zero-order chi connectivity index (χ0) is 13.3. The third-order valence-corrected chi connectivity index (χ3v) is 3.81. The van der Waals surface area contributed by atoms with E-state index in [-0.39, 0.29) is 6.09 Å². The van der Waals surface area contributed by atoms with Gasteiger partial charge in [0.05, 0.1) is 6.61 Å². The normalized spacial score (nSPS) is 27.4. The summed E-state index contributed by atoms with van der Waals surface area (Å²) in [7, 11) is 0. The number of rotatable bonds is 1. The first kappa shape index (κ1) is 12.3. The van der Waals surface area contributed by atoms with Gasteiger partial charge in [-0.3, -0.25) is 4.90 Å². The molecule has 2 N–H and O–H groups in total. The van der Waals surface area contributed by atoms with E-state index in [9.17, 15) is 4.79 Å². The predicted molar refractivity (Wildman–Crippen MR) is 72.1 cm³/mol. The van der Waals surface area contributed by atoms with Crippen LogP contribution in [0.2, 0.25) is 0 Å². The second-order valence-corrected chi connectivity index (χ2v) is 5.20. The van der Waals surface area contributed by atoms with Crippen LogP contribution in [0, 0.1) is 0 Å². The minimum Gasteiger partial charge on any atom is -0.440 e. The second kappa shape index (κ2) is 4.74.